The van der Waals surface area contributed by atoms with Crippen molar-refractivity contribution in [2.75, 3.05) is 13.7 Å². The van der Waals surface area contributed by atoms with Crippen LogP contribution < -0.4 is 0 Å². The highest BCUT2D eigenvalue weighted by atomic mass is 16.5. The molecule has 4 nitrogen and oxygen atoms in total. The first-order valence-electron chi connectivity index (χ1n) is 4.96. The molecule has 0 aliphatic carbocycles. The maximum atomic E-state index is 10.5. The van der Waals surface area contributed by atoms with Crippen molar-refractivity contribution < 1.29 is 9.53 Å². The van der Waals surface area contributed by atoms with Gasteiger partial charge in [-0.05, 0) is 5.56 Å². The van der Waals surface area contributed by atoms with E-state index in [2.05, 4.69) is 0 Å². The van der Waals surface area contributed by atoms with Crippen LogP contribution in [0.3, 0.4) is 0 Å². The molecule has 1 aromatic rings. The molecule has 4 heteroatoms. The van der Waals surface area contributed by atoms with Gasteiger partial charge in [0.15, 0.2) is 0 Å². The van der Waals surface area contributed by atoms with Crippen LogP contribution >= 0.6 is 0 Å². The Kier molecular flexibility index (Phi) is 5.03. The highest BCUT2D eigenvalue weighted by Crippen LogP contribution is 2.02. The summed E-state index contributed by atoms with van der Waals surface area (Å²) in [4.78, 5) is 11.8. The summed E-state index contributed by atoms with van der Waals surface area (Å²) in [5.74, 6) is 0. The molecule has 84 valence electrons. The Hall–Kier alpha value is -1.86. The number of hydrogen-bond acceptors (Lipinski definition) is 3. The summed E-state index contributed by atoms with van der Waals surface area (Å²) in [6.07, 6.45) is 0.625. The summed E-state index contributed by atoms with van der Waals surface area (Å²) in [5, 5.41) is 8.79. The molecular weight excluding hydrogens is 204 g/mol. The SMILES string of the molecule is CN(C=O)C(C#N)COCc1ccccc1. The van der Waals surface area contributed by atoms with Crippen molar-refractivity contribution in [2.24, 2.45) is 0 Å². The standard InChI is InChI=1S/C12H14N2O2/c1-14(10-15)12(7-13)9-16-8-11-5-3-2-4-6-11/h2-6,10,12H,8-9H2,1H3. The van der Waals surface area contributed by atoms with Crippen LogP contribution in [0.5, 0.6) is 0 Å². The number of nitrogens with zero attached hydrogens (tertiary/aromatic N) is 2. The second kappa shape index (κ2) is 6.59. The maximum absolute atomic E-state index is 10.5. The fraction of sp³-hybridized carbons (Fsp3) is 0.333. The Morgan fingerprint density at radius 2 is 2.19 bits per heavy atom. The van der Waals surface area contributed by atoms with Crippen molar-refractivity contribution in [3.05, 3.63) is 35.9 Å². The lowest BCUT2D eigenvalue weighted by Gasteiger charge is -2.17. The fourth-order valence-corrected chi connectivity index (χ4v) is 1.18. The van der Waals surface area contributed by atoms with E-state index in [-0.39, 0.29) is 6.61 Å². The minimum Gasteiger partial charge on any atom is -0.374 e. The van der Waals surface area contributed by atoms with Crippen LogP contribution in [0.15, 0.2) is 30.3 Å². The van der Waals surface area contributed by atoms with E-state index in [0.717, 1.165) is 5.56 Å². The monoisotopic (exact) mass is 218 g/mol. The average molecular weight is 218 g/mol. The second-order valence-electron chi connectivity index (χ2n) is 3.42. The van der Waals surface area contributed by atoms with Crippen molar-refractivity contribution >= 4 is 6.41 Å². The number of carbonyl (C=O) groups is 1. The van der Waals surface area contributed by atoms with Crippen LogP contribution in [0, 0.1) is 11.3 Å². The molecule has 0 aromatic heterocycles. The number of rotatable bonds is 6. The molecule has 1 unspecified atom stereocenters. The lowest BCUT2D eigenvalue weighted by molar-refractivity contribution is -0.119. The number of amides is 1. The zero-order chi connectivity index (χ0) is 11.8. The van der Waals surface area contributed by atoms with E-state index in [1.165, 1.54) is 4.90 Å². The van der Waals surface area contributed by atoms with Gasteiger partial charge in [-0.2, -0.15) is 5.26 Å². The Bertz CT molecular complexity index is 359. The van der Waals surface area contributed by atoms with Crippen LogP contribution in [-0.2, 0) is 16.1 Å². The van der Waals surface area contributed by atoms with Crippen LogP contribution in [0.2, 0.25) is 0 Å². The van der Waals surface area contributed by atoms with Crippen molar-refractivity contribution in [1.29, 1.82) is 5.26 Å². The van der Waals surface area contributed by atoms with Gasteiger partial charge in [0.2, 0.25) is 6.41 Å². The second-order valence-corrected chi connectivity index (χ2v) is 3.42. The Morgan fingerprint density at radius 1 is 1.50 bits per heavy atom. The lowest BCUT2D eigenvalue weighted by atomic mass is 10.2. The molecule has 0 radical (unpaired) electrons. The summed E-state index contributed by atoms with van der Waals surface area (Å²) in [6.45, 7) is 0.673. The van der Waals surface area contributed by atoms with Crippen molar-refractivity contribution in [3.8, 4) is 6.07 Å². The van der Waals surface area contributed by atoms with Crippen molar-refractivity contribution in [3.63, 3.8) is 0 Å². The molecule has 0 saturated heterocycles. The van der Waals surface area contributed by atoms with Crippen LogP contribution in [0.25, 0.3) is 0 Å². The average Bonchev–Trinajstić information content (AvgIpc) is 2.35. The van der Waals surface area contributed by atoms with E-state index < -0.39 is 6.04 Å². The Balaban J connectivity index is 2.35. The first-order valence-corrected chi connectivity index (χ1v) is 4.96. The minimum absolute atomic E-state index is 0.223. The quantitative estimate of drug-likeness (QED) is 0.674. The van der Waals surface area contributed by atoms with Gasteiger partial charge in [0.1, 0.15) is 6.04 Å². The molecule has 16 heavy (non-hydrogen) atoms. The van der Waals surface area contributed by atoms with Crippen LogP contribution in [0.1, 0.15) is 5.56 Å². The highest BCUT2D eigenvalue weighted by Gasteiger charge is 2.11. The van der Waals surface area contributed by atoms with Crippen LogP contribution in [0.4, 0.5) is 0 Å². The normalized spacial score (nSPS) is 11.5. The number of likely N-dealkylation sites (N-methyl/N-ethyl adjacent to an activating group) is 1. The minimum atomic E-state index is -0.527. The molecule has 0 bridgehead atoms. The molecule has 0 saturated carbocycles. The van der Waals surface area contributed by atoms with Crippen molar-refractivity contribution in [1.82, 2.24) is 4.90 Å². The third-order valence-corrected chi connectivity index (χ3v) is 2.19. The molecule has 0 fully saturated rings. The molecule has 0 aliphatic rings. The van der Waals surface area contributed by atoms with Crippen molar-refractivity contribution in [2.45, 2.75) is 12.6 Å². The third-order valence-electron chi connectivity index (χ3n) is 2.19. The number of benzene rings is 1. The van der Waals surface area contributed by atoms with E-state index in [0.29, 0.717) is 13.0 Å². The smallest absolute Gasteiger partial charge is 0.210 e. The summed E-state index contributed by atoms with van der Waals surface area (Å²) >= 11 is 0. The van der Waals surface area contributed by atoms with Gasteiger partial charge in [-0.1, -0.05) is 30.3 Å². The van der Waals surface area contributed by atoms with Crippen LogP contribution in [-0.4, -0.2) is 31.0 Å². The van der Waals surface area contributed by atoms with E-state index in [1.807, 2.05) is 36.4 Å². The van der Waals surface area contributed by atoms with Gasteiger partial charge in [-0.3, -0.25) is 4.79 Å². The fourth-order valence-electron chi connectivity index (χ4n) is 1.18. The molecule has 0 heterocycles. The van der Waals surface area contributed by atoms with Gasteiger partial charge in [0, 0.05) is 7.05 Å². The maximum Gasteiger partial charge on any atom is 0.210 e. The summed E-state index contributed by atoms with van der Waals surface area (Å²) in [5.41, 5.74) is 1.05. The molecule has 1 rings (SSSR count). The predicted octanol–water partition coefficient (Wildman–Crippen LogP) is 1.18. The Morgan fingerprint density at radius 3 is 2.75 bits per heavy atom. The predicted molar refractivity (Wildman–Crippen MR) is 59.3 cm³/mol. The van der Waals surface area contributed by atoms with Gasteiger partial charge in [0.05, 0.1) is 19.3 Å². The topological polar surface area (TPSA) is 53.3 Å². The highest BCUT2D eigenvalue weighted by molar-refractivity contribution is 5.48. The summed E-state index contributed by atoms with van der Waals surface area (Å²) < 4.78 is 5.37. The summed E-state index contributed by atoms with van der Waals surface area (Å²) in [6, 6.07) is 11.2. The molecule has 0 N–H and O–H groups in total. The molecule has 1 atom stereocenters. The molecule has 1 amide bonds. The van der Waals surface area contributed by atoms with Gasteiger partial charge < -0.3 is 9.64 Å². The van der Waals surface area contributed by atoms with E-state index in [1.54, 1.807) is 7.05 Å². The number of nitriles is 1. The molecule has 0 aliphatic heterocycles. The first kappa shape index (κ1) is 12.2. The van der Waals surface area contributed by atoms with Gasteiger partial charge in [0.25, 0.3) is 0 Å². The van der Waals surface area contributed by atoms with Gasteiger partial charge in [-0.25, -0.2) is 0 Å². The zero-order valence-electron chi connectivity index (χ0n) is 9.17. The molecule has 0 spiro atoms. The number of hydrogen-bond donors (Lipinski definition) is 0. The summed E-state index contributed by atoms with van der Waals surface area (Å²) in [7, 11) is 1.56. The number of carbonyl (C=O) groups excluding carboxylic acids is 1. The Labute approximate surface area is 95.0 Å². The van der Waals surface area contributed by atoms with Gasteiger partial charge >= 0.3 is 0 Å². The number of ether oxygens (including phenoxy) is 1. The van der Waals surface area contributed by atoms with E-state index >= 15 is 0 Å². The van der Waals surface area contributed by atoms with E-state index in [9.17, 15) is 4.79 Å². The van der Waals surface area contributed by atoms with Gasteiger partial charge in [-0.15, -0.1) is 0 Å². The van der Waals surface area contributed by atoms with E-state index in [4.69, 9.17) is 10.00 Å². The largest absolute Gasteiger partial charge is 0.374 e. The first-order chi connectivity index (χ1) is 7.77. The molecular formula is C12H14N2O2. The lowest BCUT2D eigenvalue weighted by Crippen LogP contribution is -2.33. The third kappa shape index (κ3) is 3.71. The zero-order valence-corrected chi connectivity index (χ0v) is 9.17. The molecule has 1 aromatic carbocycles.